The van der Waals surface area contributed by atoms with Crippen LogP contribution in [-0.4, -0.2) is 21.9 Å². The van der Waals surface area contributed by atoms with Crippen molar-refractivity contribution >= 4 is 29.1 Å². The summed E-state index contributed by atoms with van der Waals surface area (Å²) in [5.41, 5.74) is 2.93. The van der Waals surface area contributed by atoms with E-state index in [1.807, 2.05) is 32.0 Å². The molecule has 0 saturated heterocycles. The molecule has 138 valence electrons. The number of aromatic nitrogens is 2. The summed E-state index contributed by atoms with van der Waals surface area (Å²) in [6, 6.07) is 7.64. The van der Waals surface area contributed by atoms with Crippen molar-refractivity contribution < 1.29 is 4.79 Å². The molecule has 6 heteroatoms. The lowest BCUT2D eigenvalue weighted by molar-refractivity contribution is 0.0928. The zero-order valence-electron chi connectivity index (χ0n) is 15.3. The summed E-state index contributed by atoms with van der Waals surface area (Å²) in [5, 5.41) is 6.94. The first-order valence-corrected chi connectivity index (χ1v) is 9.59. The van der Waals surface area contributed by atoms with Crippen LogP contribution >= 0.6 is 11.6 Å². The lowest BCUT2D eigenvalue weighted by Crippen LogP contribution is -2.35. The standard InChI is InChI=1S/C20H25ClN4O/c1-13-9-10-16(12-17(13)21)24-20-22-14(2)11-18(25-20)19(26)23-15-7-5-3-4-6-8-15/h9-12,15H,3-8H2,1-2H3,(H,23,26)(H,22,24,25). The largest absolute Gasteiger partial charge is 0.348 e. The first-order chi connectivity index (χ1) is 12.5. The van der Waals surface area contributed by atoms with Gasteiger partial charge in [0, 0.05) is 22.4 Å². The molecule has 0 atom stereocenters. The normalized spacial score (nSPS) is 15.3. The van der Waals surface area contributed by atoms with Crippen molar-refractivity contribution in [3.63, 3.8) is 0 Å². The number of rotatable bonds is 4. The molecule has 5 nitrogen and oxygen atoms in total. The molecule has 1 amide bonds. The Morgan fingerprint density at radius 3 is 2.50 bits per heavy atom. The van der Waals surface area contributed by atoms with Crippen molar-refractivity contribution in [2.24, 2.45) is 0 Å². The number of amides is 1. The molecule has 1 aromatic carbocycles. The van der Waals surface area contributed by atoms with Crippen LogP contribution in [-0.2, 0) is 0 Å². The van der Waals surface area contributed by atoms with Gasteiger partial charge >= 0.3 is 0 Å². The Bertz CT molecular complexity index is 785. The second kappa shape index (κ2) is 8.49. The van der Waals surface area contributed by atoms with Crippen LogP contribution < -0.4 is 10.6 Å². The van der Waals surface area contributed by atoms with Gasteiger partial charge in [0.25, 0.3) is 5.91 Å². The number of carbonyl (C=O) groups excluding carboxylic acids is 1. The highest BCUT2D eigenvalue weighted by molar-refractivity contribution is 6.31. The summed E-state index contributed by atoms with van der Waals surface area (Å²) in [6.45, 7) is 3.81. The van der Waals surface area contributed by atoms with Crippen molar-refractivity contribution in [3.8, 4) is 0 Å². The Hall–Kier alpha value is -2.14. The molecular formula is C20H25ClN4O. The highest BCUT2D eigenvalue weighted by Gasteiger charge is 2.17. The van der Waals surface area contributed by atoms with E-state index in [0.717, 1.165) is 29.8 Å². The summed E-state index contributed by atoms with van der Waals surface area (Å²) in [5.74, 6) is 0.267. The minimum absolute atomic E-state index is 0.132. The smallest absolute Gasteiger partial charge is 0.270 e. The Balaban J connectivity index is 1.73. The fourth-order valence-electron chi connectivity index (χ4n) is 3.22. The highest BCUT2D eigenvalue weighted by atomic mass is 35.5. The van der Waals surface area contributed by atoms with Gasteiger partial charge in [-0.1, -0.05) is 43.4 Å². The van der Waals surface area contributed by atoms with Crippen LogP contribution in [0.4, 0.5) is 11.6 Å². The Morgan fingerprint density at radius 2 is 1.81 bits per heavy atom. The summed E-state index contributed by atoms with van der Waals surface area (Å²) in [7, 11) is 0. The van der Waals surface area contributed by atoms with Gasteiger partial charge in [-0.15, -0.1) is 0 Å². The fraction of sp³-hybridized carbons (Fsp3) is 0.450. The molecule has 0 aliphatic heterocycles. The molecule has 1 fully saturated rings. The van der Waals surface area contributed by atoms with Gasteiger partial charge in [-0.3, -0.25) is 4.79 Å². The number of hydrogen-bond donors (Lipinski definition) is 2. The molecule has 1 saturated carbocycles. The average Bonchev–Trinajstić information content (AvgIpc) is 2.86. The number of nitrogens with one attached hydrogen (secondary N) is 2. The quantitative estimate of drug-likeness (QED) is 0.745. The molecule has 0 radical (unpaired) electrons. The fourth-order valence-corrected chi connectivity index (χ4v) is 3.40. The molecular weight excluding hydrogens is 348 g/mol. The van der Waals surface area contributed by atoms with Crippen LogP contribution in [0.5, 0.6) is 0 Å². The number of hydrogen-bond acceptors (Lipinski definition) is 4. The number of nitrogens with zero attached hydrogens (tertiary/aromatic N) is 2. The minimum atomic E-state index is -0.132. The molecule has 26 heavy (non-hydrogen) atoms. The summed E-state index contributed by atoms with van der Waals surface area (Å²) >= 11 is 6.17. The van der Waals surface area contributed by atoms with Crippen molar-refractivity contribution in [1.82, 2.24) is 15.3 Å². The van der Waals surface area contributed by atoms with E-state index in [1.54, 1.807) is 6.07 Å². The third-order valence-electron chi connectivity index (χ3n) is 4.71. The van der Waals surface area contributed by atoms with Gasteiger partial charge < -0.3 is 10.6 Å². The SMILES string of the molecule is Cc1cc(C(=O)NC2CCCCCC2)nc(Nc2ccc(C)c(Cl)c2)n1. The topological polar surface area (TPSA) is 66.9 Å². The first-order valence-electron chi connectivity index (χ1n) is 9.21. The zero-order chi connectivity index (χ0) is 18.5. The molecule has 1 aliphatic rings. The van der Waals surface area contributed by atoms with Gasteiger partial charge in [-0.25, -0.2) is 9.97 Å². The monoisotopic (exact) mass is 372 g/mol. The average molecular weight is 373 g/mol. The molecule has 1 heterocycles. The second-order valence-corrected chi connectivity index (χ2v) is 7.38. The summed E-state index contributed by atoms with van der Waals surface area (Å²) in [6.07, 6.45) is 6.95. The third-order valence-corrected chi connectivity index (χ3v) is 5.11. The lowest BCUT2D eigenvalue weighted by Gasteiger charge is -2.16. The van der Waals surface area contributed by atoms with E-state index in [0.29, 0.717) is 16.7 Å². The first kappa shape index (κ1) is 18.6. The van der Waals surface area contributed by atoms with Gasteiger partial charge in [0.15, 0.2) is 0 Å². The molecule has 1 aromatic heterocycles. The number of anilines is 2. The van der Waals surface area contributed by atoms with Crippen LogP contribution in [0.3, 0.4) is 0 Å². The maximum absolute atomic E-state index is 12.6. The maximum atomic E-state index is 12.6. The van der Waals surface area contributed by atoms with Crippen LogP contribution in [0.1, 0.15) is 60.3 Å². The van der Waals surface area contributed by atoms with Crippen molar-refractivity contribution in [2.75, 3.05) is 5.32 Å². The van der Waals surface area contributed by atoms with Gasteiger partial charge in [0.2, 0.25) is 5.95 Å². The Labute approximate surface area is 159 Å². The minimum Gasteiger partial charge on any atom is -0.348 e. The van der Waals surface area contributed by atoms with E-state index in [9.17, 15) is 4.79 Å². The van der Waals surface area contributed by atoms with Crippen LogP contribution in [0, 0.1) is 13.8 Å². The molecule has 0 unspecified atom stereocenters. The number of benzene rings is 1. The third kappa shape index (κ3) is 4.94. The van der Waals surface area contributed by atoms with E-state index in [1.165, 1.54) is 25.7 Å². The van der Waals surface area contributed by atoms with Crippen molar-refractivity contribution in [1.29, 1.82) is 0 Å². The number of halogens is 1. The highest BCUT2D eigenvalue weighted by Crippen LogP contribution is 2.22. The van der Waals surface area contributed by atoms with Gasteiger partial charge in [0.1, 0.15) is 5.69 Å². The number of carbonyl (C=O) groups is 1. The van der Waals surface area contributed by atoms with Crippen molar-refractivity contribution in [2.45, 2.75) is 58.4 Å². The van der Waals surface area contributed by atoms with E-state index in [-0.39, 0.29) is 11.9 Å². The van der Waals surface area contributed by atoms with E-state index < -0.39 is 0 Å². The lowest BCUT2D eigenvalue weighted by atomic mass is 10.1. The molecule has 2 N–H and O–H groups in total. The molecule has 0 spiro atoms. The predicted octanol–water partition coefficient (Wildman–Crippen LogP) is 4.94. The number of aryl methyl sites for hydroxylation is 2. The van der Waals surface area contributed by atoms with Crippen LogP contribution in [0.15, 0.2) is 24.3 Å². The Morgan fingerprint density at radius 1 is 1.08 bits per heavy atom. The summed E-state index contributed by atoms with van der Waals surface area (Å²) < 4.78 is 0. The molecule has 0 bridgehead atoms. The van der Waals surface area contributed by atoms with Gasteiger partial charge in [-0.05, 0) is 50.5 Å². The van der Waals surface area contributed by atoms with Crippen LogP contribution in [0.2, 0.25) is 5.02 Å². The summed E-state index contributed by atoms with van der Waals surface area (Å²) in [4.78, 5) is 21.4. The van der Waals surface area contributed by atoms with E-state index >= 15 is 0 Å². The van der Waals surface area contributed by atoms with E-state index in [2.05, 4.69) is 20.6 Å². The Kier molecular flexibility index (Phi) is 6.09. The zero-order valence-corrected chi connectivity index (χ0v) is 16.1. The van der Waals surface area contributed by atoms with Crippen LogP contribution in [0.25, 0.3) is 0 Å². The molecule has 1 aliphatic carbocycles. The van der Waals surface area contributed by atoms with Gasteiger partial charge in [0.05, 0.1) is 0 Å². The van der Waals surface area contributed by atoms with Crippen molar-refractivity contribution in [3.05, 3.63) is 46.2 Å². The molecule has 2 aromatic rings. The van der Waals surface area contributed by atoms with Gasteiger partial charge in [-0.2, -0.15) is 0 Å². The second-order valence-electron chi connectivity index (χ2n) is 6.97. The predicted molar refractivity (Wildman–Crippen MR) is 105 cm³/mol. The van der Waals surface area contributed by atoms with E-state index in [4.69, 9.17) is 11.6 Å². The maximum Gasteiger partial charge on any atom is 0.270 e. The molecule has 3 rings (SSSR count).